The molecule has 0 radical (unpaired) electrons. The van der Waals surface area contributed by atoms with Gasteiger partial charge in [-0.05, 0) is 25.4 Å². The monoisotopic (exact) mass is 210 g/mol. The minimum Gasteiger partial charge on any atom is -0.334 e. The van der Waals surface area contributed by atoms with Gasteiger partial charge in [0.15, 0.2) is 5.82 Å². The number of hydrogen-bond acceptors (Lipinski definition) is 6. The van der Waals surface area contributed by atoms with Crippen LogP contribution in [0.5, 0.6) is 0 Å². The Morgan fingerprint density at radius 3 is 2.86 bits per heavy atom. The normalized spacial score (nSPS) is 13.1. The first kappa shape index (κ1) is 9.29. The van der Waals surface area contributed by atoms with Crippen LogP contribution in [-0.4, -0.2) is 14.5 Å². The molecule has 2 heterocycles. The van der Waals surface area contributed by atoms with Crippen molar-refractivity contribution in [1.29, 1.82) is 0 Å². The second-order valence-electron chi connectivity index (χ2n) is 3.06. The molecule has 0 aromatic carbocycles. The fraction of sp³-hybridized carbons (Fsp3) is 0.375. The van der Waals surface area contributed by atoms with Gasteiger partial charge in [-0.2, -0.15) is 9.36 Å². The van der Waals surface area contributed by atoms with Crippen molar-refractivity contribution in [2.45, 2.75) is 19.9 Å². The summed E-state index contributed by atoms with van der Waals surface area (Å²) in [6.07, 6.45) is 0. The van der Waals surface area contributed by atoms with Crippen LogP contribution in [0.15, 0.2) is 9.90 Å². The Balaban J connectivity index is 2.39. The predicted octanol–water partition coefficient (Wildman–Crippen LogP) is 1.52. The maximum atomic E-state index is 5.62. The van der Waals surface area contributed by atoms with Gasteiger partial charge in [-0.1, -0.05) is 5.16 Å². The molecule has 0 aliphatic rings. The average Bonchev–Trinajstić information content (AvgIpc) is 2.71. The lowest BCUT2D eigenvalue weighted by atomic mass is 10.3. The summed E-state index contributed by atoms with van der Waals surface area (Å²) in [5.74, 6) is 1.01. The van der Waals surface area contributed by atoms with Crippen molar-refractivity contribution in [3.63, 3.8) is 0 Å². The Labute approximate surface area is 85.1 Å². The van der Waals surface area contributed by atoms with Crippen molar-refractivity contribution in [1.82, 2.24) is 14.5 Å². The van der Waals surface area contributed by atoms with Gasteiger partial charge < -0.3 is 10.3 Å². The molecular formula is C8H10N4OS. The number of aryl methyl sites for hydroxylation is 1. The SMILES string of the molecule is Cc1nscc1-c1nc(C(C)N)no1. The summed E-state index contributed by atoms with van der Waals surface area (Å²) < 4.78 is 9.21. The molecule has 0 spiro atoms. The smallest absolute Gasteiger partial charge is 0.260 e. The summed E-state index contributed by atoms with van der Waals surface area (Å²) in [6, 6.07) is -0.209. The molecule has 2 aromatic heterocycles. The number of rotatable bonds is 2. The molecule has 0 bridgehead atoms. The van der Waals surface area contributed by atoms with E-state index < -0.39 is 0 Å². The Morgan fingerprint density at radius 1 is 1.57 bits per heavy atom. The zero-order valence-electron chi connectivity index (χ0n) is 7.89. The van der Waals surface area contributed by atoms with Crippen LogP contribution in [0.3, 0.4) is 0 Å². The Bertz CT molecular complexity index is 434. The molecule has 2 N–H and O–H groups in total. The van der Waals surface area contributed by atoms with Gasteiger partial charge in [0.1, 0.15) is 0 Å². The molecule has 1 atom stereocenters. The summed E-state index contributed by atoms with van der Waals surface area (Å²) >= 11 is 1.37. The molecule has 74 valence electrons. The zero-order valence-corrected chi connectivity index (χ0v) is 8.71. The van der Waals surface area contributed by atoms with Crippen LogP contribution in [0, 0.1) is 6.92 Å². The summed E-state index contributed by atoms with van der Waals surface area (Å²) in [5, 5.41) is 5.66. The van der Waals surface area contributed by atoms with Crippen molar-refractivity contribution in [2.24, 2.45) is 5.73 Å². The first-order chi connectivity index (χ1) is 6.68. The van der Waals surface area contributed by atoms with Crippen LogP contribution in [0.2, 0.25) is 0 Å². The van der Waals surface area contributed by atoms with Crippen molar-refractivity contribution in [3.05, 3.63) is 16.9 Å². The molecule has 1 unspecified atom stereocenters. The van der Waals surface area contributed by atoms with Crippen LogP contribution >= 0.6 is 11.5 Å². The second-order valence-corrected chi connectivity index (χ2v) is 3.69. The standard InChI is InChI=1S/C8H10N4OS/c1-4(9)7-10-8(13-11-7)6-3-14-12-5(6)2/h3-4H,9H2,1-2H3. The summed E-state index contributed by atoms with van der Waals surface area (Å²) in [7, 11) is 0. The first-order valence-corrected chi connectivity index (χ1v) is 5.02. The number of hydrogen-bond donors (Lipinski definition) is 1. The molecule has 0 aliphatic heterocycles. The van der Waals surface area contributed by atoms with Crippen LogP contribution < -0.4 is 5.73 Å². The predicted molar refractivity (Wildman–Crippen MR) is 52.7 cm³/mol. The third-order valence-corrected chi connectivity index (χ3v) is 2.55. The summed E-state index contributed by atoms with van der Waals surface area (Å²) in [4.78, 5) is 4.18. The Hall–Kier alpha value is -1.27. The van der Waals surface area contributed by atoms with E-state index in [1.54, 1.807) is 0 Å². The molecule has 0 aliphatic carbocycles. The van der Waals surface area contributed by atoms with Gasteiger partial charge in [0.2, 0.25) is 0 Å². The molecule has 0 amide bonds. The van der Waals surface area contributed by atoms with Crippen molar-refractivity contribution < 1.29 is 4.52 Å². The highest BCUT2D eigenvalue weighted by atomic mass is 32.1. The molecule has 14 heavy (non-hydrogen) atoms. The summed E-state index contributed by atoms with van der Waals surface area (Å²) in [6.45, 7) is 3.72. The van der Waals surface area contributed by atoms with Gasteiger partial charge in [-0.25, -0.2) is 0 Å². The number of aromatic nitrogens is 3. The fourth-order valence-corrected chi connectivity index (χ4v) is 1.71. The van der Waals surface area contributed by atoms with E-state index in [1.807, 2.05) is 19.2 Å². The van der Waals surface area contributed by atoms with Gasteiger partial charge in [-0.15, -0.1) is 0 Å². The second kappa shape index (κ2) is 3.47. The molecule has 0 saturated heterocycles. The van der Waals surface area contributed by atoms with Gasteiger partial charge in [0, 0.05) is 5.38 Å². The maximum Gasteiger partial charge on any atom is 0.260 e. The third-order valence-electron chi connectivity index (χ3n) is 1.83. The highest BCUT2D eigenvalue weighted by Gasteiger charge is 2.14. The van der Waals surface area contributed by atoms with Gasteiger partial charge in [0.25, 0.3) is 5.89 Å². The third kappa shape index (κ3) is 1.53. The van der Waals surface area contributed by atoms with Gasteiger partial charge >= 0.3 is 0 Å². The van der Waals surface area contributed by atoms with E-state index >= 15 is 0 Å². The van der Waals surface area contributed by atoms with Crippen LogP contribution in [0.4, 0.5) is 0 Å². The molecule has 2 rings (SSSR count). The fourth-order valence-electron chi connectivity index (χ4n) is 1.03. The minimum absolute atomic E-state index is 0.209. The molecule has 5 nitrogen and oxygen atoms in total. The van der Waals surface area contributed by atoms with E-state index in [2.05, 4.69) is 14.5 Å². The van der Waals surface area contributed by atoms with E-state index in [0.717, 1.165) is 11.3 Å². The molecular weight excluding hydrogens is 200 g/mol. The minimum atomic E-state index is -0.209. The lowest BCUT2D eigenvalue weighted by Gasteiger charge is -1.92. The summed E-state index contributed by atoms with van der Waals surface area (Å²) in [5.41, 5.74) is 7.40. The molecule has 2 aromatic rings. The lowest BCUT2D eigenvalue weighted by Crippen LogP contribution is -2.06. The number of nitrogens with two attached hydrogens (primary N) is 1. The topological polar surface area (TPSA) is 77.8 Å². The quantitative estimate of drug-likeness (QED) is 0.813. The van der Waals surface area contributed by atoms with E-state index in [0.29, 0.717) is 11.7 Å². The first-order valence-electron chi connectivity index (χ1n) is 4.19. The van der Waals surface area contributed by atoms with Gasteiger partial charge in [-0.3, -0.25) is 0 Å². The highest BCUT2D eigenvalue weighted by Crippen LogP contribution is 2.23. The van der Waals surface area contributed by atoms with Crippen molar-refractivity contribution in [3.8, 4) is 11.5 Å². The highest BCUT2D eigenvalue weighted by molar-refractivity contribution is 7.04. The largest absolute Gasteiger partial charge is 0.334 e. The van der Waals surface area contributed by atoms with Crippen LogP contribution in [0.1, 0.15) is 24.5 Å². The Morgan fingerprint density at radius 2 is 2.36 bits per heavy atom. The van der Waals surface area contributed by atoms with Crippen molar-refractivity contribution in [2.75, 3.05) is 0 Å². The zero-order chi connectivity index (χ0) is 10.1. The molecule has 0 saturated carbocycles. The molecule has 0 fully saturated rings. The van der Waals surface area contributed by atoms with Crippen LogP contribution in [-0.2, 0) is 0 Å². The van der Waals surface area contributed by atoms with Crippen LogP contribution in [0.25, 0.3) is 11.5 Å². The van der Waals surface area contributed by atoms with Gasteiger partial charge in [0.05, 0.1) is 17.3 Å². The van der Waals surface area contributed by atoms with E-state index in [1.165, 1.54) is 11.5 Å². The molecule has 6 heteroatoms. The number of nitrogens with zero attached hydrogens (tertiary/aromatic N) is 3. The van der Waals surface area contributed by atoms with E-state index in [4.69, 9.17) is 10.3 Å². The van der Waals surface area contributed by atoms with Crippen molar-refractivity contribution >= 4 is 11.5 Å². The van der Waals surface area contributed by atoms with E-state index in [9.17, 15) is 0 Å². The Kier molecular flexibility index (Phi) is 2.30. The maximum absolute atomic E-state index is 5.62. The average molecular weight is 210 g/mol. The van der Waals surface area contributed by atoms with E-state index in [-0.39, 0.29) is 6.04 Å². The lowest BCUT2D eigenvalue weighted by molar-refractivity contribution is 0.418.